The Bertz CT molecular complexity index is 593. The van der Waals surface area contributed by atoms with Crippen molar-refractivity contribution >= 4 is 11.8 Å². The first kappa shape index (κ1) is 15.3. The molecule has 0 aliphatic heterocycles. The molecule has 0 saturated heterocycles. The Labute approximate surface area is 127 Å². The smallest absolute Gasteiger partial charge is 0.225 e. The summed E-state index contributed by atoms with van der Waals surface area (Å²) in [7, 11) is 0. The summed E-state index contributed by atoms with van der Waals surface area (Å²) in [4.78, 5) is 8.95. The van der Waals surface area contributed by atoms with E-state index in [1.807, 2.05) is 13.0 Å². The van der Waals surface area contributed by atoms with E-state index >= 15 is 0 Å². The van der Waals surface area contributed by atoms with Crippen molar-refractivity contribution in [2.45, 2.75) is 34.2 Å². The Balaban J connectivity index is 2.02. The SMILES string of the molecule is Cc1cccc(CNc2nc(C)cc(NCC(C)C)n2)c1. The standard InChI is InChI=1S/C17H24N4/c1-12(2)10-18-16-9-14(4)20-17(21-16)19-11-15-7-5-6-13(3)8-15/h5-9,12H,10-11H2,1-4H3,(H2,18,19,20,21). The third-order valence-electron chi connectivity index (χ3n) is 3.08. The first-order valence-electron chi connectivity index (χ1n) is 7.42. The predicted molar refractivity (Wildman–Crippen MR) is 88.6 cm³/mol. The van der Waals surface area contributed by atoms with Crippen LogP contribution in [0.1, 0.15) is 30.7 Å². The minimum Gasteiger partial charge on any atom is -0.370 e. The summed E-state index contributed by atoms with van der Waals surface area (Å²) in [6.07, 6.45) is 0. The van der Waals surface area contributed by atoms with Gasteiger partial charge in [0.05, 0.1) is 0 Å². The number of nitrogens with zero attached hydrogens (tertiary/aromatic N) is 2. The summed E-state index contributed by atoms with van der Waals surface area (Å²) in [6.45, 7) is 10.1. The van der Waals surface area contributed by atoms with E-state index in [0.717, 1.165) is 24.6 Å². The molecule has 4 nitrogen and oxygen atoms in total. The van der Waals surface area contributed by atoms with Gasteiger partial charge in [-0.2, -0.15) is 4.98 Å². The van der Waals surface area contributed by atoms with Crippen molar-refractivity contribution in [1.29, 1.82) is 0 Å². The van der Waals surface area contributed by atoms with Crippen molar-refractivity contribution in [2.75, 3.05) is 17.2 Å². The van der Waals surface area contributed by atoms with Crippen molar-refractivity contribution < 1.29 is 0 Å². The number of aromatic nitrogens is 2. The van der Waals surface area contributed by atoms with E-state index in [-0.39, 0.29) is 0 Å². The molecule has 0 atom stereocenters. The zero-order valence-corrected chi connectivity index (χ0v) is 13.3. The molecule has 1 aromatic heterocycles. The van der Waals surface area contributed by atoms with Gasteiger partial charge in [-0.05, 0) is 25.3 Å². The summed E-state index contributed by atoms with van der Waals surface area (Å²) in [5, 5.41) is 6.64. The largest absolute Gasteiger partial charge is 0.370 e. The van der Waals surface area contributed by atoms with E-state index in [0.29, 0.717) is 11.9 Å². The molecule has 2 N–H and O–H groups in total. The van der Waals surface area contributed by atoms with Crippen molar-refractivity contribution in [3.8, 4) is 0 Å². The molecule has 0 unspecified atom stereocenters. The molecule has 1 aromatic carbocycles. The highest BCUT2D eigenvalue weighted by molar-refractivity contribution is 5.42. The molecule has 0 radical (unpaired) electrons. The van der Waals surface area contributed by atoms with Gasteiger partial charge in [-0.15, -0.1) is 0 Å². The van der Waals surface area contributed by atoms with Crippen molar-refractivity contribution in [2.24, 2.45) is 5.92 Å². The van der Waals surface area contributed by atoms with Gasteiger partial charge in [0.1, 0.15) is 5.82 Å². The molecule has 0 fully saturated rings. The van der Waals surface area contributed by atoms with E-state index in [2.05, 4.69) is 65.6 Å². The first-order chi connectivity index (χ1) is 10.0. The second-order valence-electron chi connectivity index (χ2n) is 5.84. The molecular formula is C17H24N4. The normalized spacial score (nSPS) is 10.7. The fourth-order valence-corrected chi connectivity index (χ4v) is 2.05. The van der Waals surface area contributed by atoms with Gasteiger partial charge in [0, 0.05) is 24.8 Å². The van der Waals surface area contributed by atoms with Crippen LogP contribution in [-0.2, 0) is 6.54 Å². The number of nitrogens with one attached hydrogen (secondary N) is 2. The van der Waals surface area contributed by atoms with Crippen molar-refractivity contribution in [3.63, 3.8) is 0 Å². The number of anilines is 2. The van der Waals surface area contributed by atoms with Crippen LogP contribution in [0.4, 0.5) is 11.8 Å². The van der Waals surface area contributed by atoms with E-state index in [1.54, 1.807) is 0 Å². The van der Waals surface area contributed by atoms with Gasteiger partial charge in [0.25, 0.3) is 0 Å². The molecule has 112 valence electrons. The van der Waals surface area contributed by atoms with Crippen LogP contribution in [0.2, 0.25) is 0 Å². The summed E-state index contributed by atoms with van der Waals surface area (Å²) in [6, 6.07) is 10.4. The Hall–Kier alpha value is -2.10. The quantitative estimate of drug-likeness (QED) is 0.847. The molecule has 0 bridgehead atoms. The maximum atomic E-state index is 4.51. The van der Waals surface area contributed by atoms with E-state index in [4.69, 9.17) is 0 Å². The lowest BCUT2D eigenvalue weighted by atomic mass is 10.1. The van der Waals surface area contributed by atoms with Crippen LogP contribution in [-0.4, -0.2) is 16.5 Å². The van der Waals surface area contributed by atoms with Gasteiger partial charge < -0.3 is 10.6 Å². The third kappa shape index (κ3) is 5.06. The van der Waals surface area contributed by atoms with Crippen LogP contribution in [0.15, 0.2) is 30.3 Å². The van der Waals surface area contributed by atoms with Crippen LogP contribution in [0.3, 0.4) is 0 Å². The monoisotopic (exact) mass is 284 g/mol. The highest BCUT2D eigenvalue weighted by atomic mass is 15.1. The minimum absolute atomic E-state index is 0.587. The molecule has 1 heterocycles. The van der Waals surface area contributed by atoms with E-state index in [1.165, 1.54) is 11.1 Å². The topological polar surface area (TPSA) is 49.8 Å². The van der Waals surface area contributed by atoms with Crippen LogP contribution >= 0.6 is 0 Å². The highest BCUT2D eigenvalue weighted by Gasteiger charge is 2.03. The lowest BCUT2D eigenvalue weighted by Gasteiger charge is -2.11. The number of benzene rings is 1. The fraction of sp³-hybridized carbons (Fsp3) is 0.412. The summed E-state index contributed by atoms with van der Waals surface area (Å²) in [5.41, 5.74) is 3.46. The van der Waals surface area contributed by atoms with Crippen LogP contribution < -0.4 is 10.6 Å². The van der Waals surface area contributed by atoms with Crippen molar-refractivity contribution in [1.82, 2.24) is 9.97 Å². The molecule has 0 saturated carbocycles. The van der Waals surface area contributed by atoms with E-state index in [9.17, 15) is 0 Å². The highest BCUT2D eigenvalue weighted by Crippen LogP contribution is 2.12. The number of rotatable bonds is 6. The zero-order chi connectivity index (χ0) is 15.2. The maximum absolute atomic E-state index is 4.51. The molecule has 0 spiro atoms. The first-order valence-corrected chi connectivity index (χ1v) is 7.42. The molecule has 4 heteroatoms. The lowest BCUT2D eigenvalue weighted by molar-refractivity contribution is 0.686. The molecular weight excluding hydrogens is 260 g/mol. The number of hydrogen-bond acceptors (Lipinski definition) is 4. The molecule has 2 rings (SSSR count). The van der Waals surface area contributed by atoms with Crippen molar-refractivity contribution in [3.05, 3.63) is 47.2 Å². The summed E-state index contributed by atoms with van der Waals surface area (Å²) < 4.78 is 0. The van der Waals surface area contributed by atoms with Gasteiger partial charge in [0.15, 0.2) is 0 Å². The van der Waals surface area contributed by atoms with Gasteiger partial charge >= 0.3 is 0 Å². The van der Waals surface area contributed by atoms with Gasteiger partial charge in [0.2, 0.25) is 5.95 Å². The zero-order valence-electron chi connectivity index (χ0n) is 13.3. The van der Waals surface area contributed by atoms with Crippen LogP contribution in [0, 0.1) is 19.8 Å². The van der Waals surface area contributed by atoms with Gasteiger partial charge in [-0.1, -0.05) is 43.7 Å². The summed E-state index contributed by atoms with van der Waals surface area (Å²) in [5.74, 6) is 2.13. The average Bonchev–Trinajstić information content (AvgIpc) is 2.43. The molecule has 0 aliphatic rings. The second-order valence-corrected chi connectivity index (χ2v) is 5.84. The van der Waals surface area contributed by atoms with Gasteiger partial charge in [-0.25, -0.2) is 4.98 Å². The van der Waals surface area contributed by atoms with Crippen LogP contribution in [0.25, 0.3) is 0 Å². The van der Waals surface area contributed by atoms with E-state index < -0.39 is 0 Å². The average molecular weight is 284 g/mol. The van der Waals surface area contributed by atoms with Gasteiger partial charge in [-0.3, -0.25) is 0 Å². The Morgan fingerprint density at radius 1 is 1.05 bits per heavy atom. The molecule has 0 aliphatic carbocycles. The maximum Gasteiger partial charge on any atom is 0.225 e. The number of aryl methyl sites for hydroxylation is 2. The minimum atomic E-state index is 0.587. The molecule has 0 amide bonds. The molecule has 2 aromatic rings. The Kier molecular flexibility index (Phi) is 5.14. The lowest BCUT2D eigenvalue weighted by Crippen LogP contribution is -2.11. The second kappa shape index (κ2) is 7.07. The molecule has 21 heavy (non-hydrogen) atoms. The number of hydrogen-bond donors (Lipinski definition) is 2. The predicted octanol–water partition coefficient (Wildman–Crippen LogP) is 3.77. The summed E-state index contributed by atoms with van der Waals surface area (Å²) >= 11 is 0. The fourth-order valence-electron chi connectivity index (χ4n) is 2.05. The Morgan fingerprint density at radius 3 is 2.57 bits per heavy atom. The Morgan fingerprint density at radius 2 is 1.86 bits per heavy atom. The van der Waals surface area contributed by atoms with Crippen LogP contribution in [0.5, 0.6) is 0 Å². The third-order valence-corrected chi connectivity index (χ3v) is 3.08.